The Morgan fingerprint density at radius 3 is 2.16 bits per heavy atom. The predicted molar refractivity (Wildman–Crippen MR) is 124 cm³/mol. The Kier molecular flexibility index (Phi) is 9.12. The number of benzene rings is 1. The van der Waals surface area contributed by atoms with E-state index in [1.54, 1.807) is 39.8 Å². The van der Waals surface area contributed by atoms with Crippen molar-refractivity contribution in [2.45, 2.75) is 98.0 Å². The molecule has 1 aromatic carbocycles. The minimum absolute atomic E-state index is 0.00691. The maximum absolute atomic E-state index is 13.5. The predicted octanol–water partition coefficient (Wildman–Crippen LogP) is 3.89. The summed E-state index contributed by atoms with van der Waals surface area (Å²) in [6.07, 6.45) is -0.126. The highest BCUT2D eigenvalue weighted by Crippen LogP contribution is 2.28. The Bertz CT molecular complexity index is 811. The van der Waals surface area contributed by atoms with Gasteiger partial charge in [-0.15, -0.1) is 0 Å². The zero-order valence-electron chi connectivity index (χ0n) is 20.8. The van der Waals surface area contributed by atoms with E-state index in [0.717, 1.165) is 0 Å². The van der Waals surface area contributed by atoms with Crippen molar-refractivity contribution in [3.8, 4) is 5.75 Å². The molecule has 3 unspecified atom stereocenters. The van der Waals surface area contributed by atoms with Crippen molar-refractivity contribution >= 4 is 17.9 Å². The van der Waals surface area contributed by atoms with Crippen molar-refractivity contribution < 1.29 is 24.2 Å². The Morgan fingerprint density at radius 1 is 1.09 bits per heavy atom. The van der Waals surface area contributed by atoms with Crippen molar-refractivity contribution in [3.63, 3.8) is 0 Å². The standard InChI is InChI=1S/C24H39N3O5/c1-10-15(2)27(21(30)16(3)25-22(31)32-24(7,8)9)19(20(29)26-23(4,5)6)17-12-11-13-18(28)14-17/h11-16,19,28H,10H2,1-9H3,(H,25,31)(H,26,29). The van der Waals surface area contributed by atoms with Crippen LogP contribution in [0.4, 0.5) is 4.79 Å². The van der Waals surface area contributed by atoms with Crippen LogP contribution in [0.15, 0.2) is 24.3 Å². The van der Waals surface area contributed by atoms with E-state index >= 15 is 0 Å². The van der Waals surface area contributed by atoms with Crippen LogP contribution in [0.1, 0.15) is 80.3 Å². The zero-order valence-corrected chi connectivity index (χ0v) is 20.8. The summed E-state index contributed by atoms with van der Waals surface area (Å²) in [6, 6.07) is 4.06. The average molecular weight is 450 g/mol. The molecule has 0 spiro atoms. The molecule has 0 saturated carbocycles. The Labute approximate surface area is 191 Å². The third-order valence-corrected chi connectivity index (χ3v) is 4.63. The molecule has 3 atom stereocenters. The van der Waals surface area contributed by atoms with E-state index in [-0.39, 0.29) is 17.7 Å². The van der Waals surface area contributed by atoms with Gasteiger partial charge in [-0.2, -0.15) is 0 Å². The van der Waals surface area contributed by atoms with Crippen LogP contribution in [-0.4, -0.2) is 51.1 Å². The molecular formula is C24H39N3O5. The molecule has 0 aliphatic rings. The van der Waals surface area contributed by atoms with Gasteiger partial charge in [0.15, 0.2) is 0 Å². The second-order valence-corrected chi connectivity index (χ2v) is 10.1. The number of phenols is 1. The van der Waals surface area contributed by atoms with E-state index in [1.807, 2.05) is 34.6 Å². The number of hydrogen-bond acceptors (Lipinski definition) is 5. The molecule has 8 heteroatoms. The fraction of sp³-hybridized carbons (Fsp3) is 0.625. The van der Waals surface area contributed by atoms with Crippen molar-refractivity contribution in [3.05, 3.63) is 29.8 Å². The highest BCUT2D eigenvalue weighted by atomic mass is 16.6. The van der Waals surface area contributed by atoms with Gasteiger partial charge < -0.3 is 25.4 Å². The maximum Gasteiger partial charge on any atom is 0.408 e. The molecule has 1 rings (SSSR count). The largest absolute Gasteiger partial charge is 0.508 e. The van der Waals surface area contributed by atoms with Gasteiger partial charge >= 0.3 is 6.09 Å². The zero-order chi connectivity index (χ0) is 24.9. The van der Waals surface area contributed by atoms with Crippen LogP contribution in [0.25, 0.3) is 0 Å². The van der Waals surface area contributed by atoms with Crippen LogP contribution in [0.3, 0.4) is 0 Å². The molecule has 0 aliphatic heterocycles. The topological polar surface area (TPSA) is 108 Å². The van der Waals surface area contributed by atoms with Crippen LogP contribution in [-0.2, 0) is 14.3 Å². The monoisotopic (exact) mass is 449 g/mol. The molecule has 0 radical (unpaired) electrons. The summed E-state index contributed by atoms with van der Waals surface area (Å²) in [6.45, 7) is 16.1. The number of carbonyl (C=O) groups excluding carboxylic acids is 3. The number of ether oxygens (including phenoxy) is 1. The number of rotatable bonds is 7. The van der Waals surface area contributed by atoms with Crippen molar-refractivity contribution in [1.82, 2.24) is 15.5 Å². The first-order valence-corrected chi connectivity index (χ1v) is 11.0. The Morgan fingerprint density at radius 2 is 1.69 bits per heavy atom. The molecule has 0 bridgehead atoms. The minimum Gasteiger partial charge on any atom is -0.508 e. The summed E-state index contributed by atoms with van der Waals surface area (Å²) < 4.78 is 5.27. The summed E-state index contributed by atoms with van der Waals surface area (Å²) >= 11 is 0. The lowest BCUT2D eigenvalue weighted by atomic mass is 9.98. The first-order chi connectivity index (χ1) is 14.6. The second-order valence-electron chi connectivity index (χ2n) is 10.1. The van der Waals surface area contributed by atoms with Crippen LogP contribution >= 0.6 is 0 Å². The molecule has 0 aliphatic carbocycles. The number of nitrogens with zero attached hydrogens (tertiary/aromatic N) is 1. The highest BCUT2D eigenvalue weighted by Gasteiger charge is 2.38. The van der Waals surface area contributed by atoms with E-state index in [2.05, 4.69) is 10.6 Å². The van der Waals surface area contributed by atoms with E-state index in [1.165, 1.54) is 17.0 Å². The molecule has 32 heavy (non-hydrogen) atoms. The van der Waals surface area contributed by atoms with Crippen molar-refractivity contribution in [2.24, 2.45) is 0 Å². The summed E-state index contributed by atoms with van der Waals surface area (Å²) in [5, 5.41) is 15.5. The normalized spacial score (nSPS) is 14.7. The Hall–Kier alpha value is -2.77. The van der Waals surface area contributed by atoms with Gasteiger partial charge in [0.2, 0.25) is 11.8 Å². The number of alkyl carbamates (subject to hydrolysis) is 1. The van der Waals surface area contributed by atoms with E-state index < -0.39 is 35.2 Å². The maximum atomic E-state index is 13.5. The fourth-order valence-corrected chi connectivity index (χ4v) is 3.14. The first-order valence-electron chi connectivity index (χ1n) is 11.0. The van der Waals surface area contributed by atoms with Crippen LogP contribution < -0.4 is 10.6 Å². The first kappa shape index (κ1) is 27.3. The fourth-order valence-electron chi connectivity index (χ4n) is 3.14. The number of phenolic OH excluding ortho intramolecular Hbond substituents is 1. The van der Waals surface area contributed by atoms with Crippen molar-refractivity contribution in [2.75, 3.05) is 0 Å². The second kappa shape index (κ2) is 10.7. The van der Waals surface area contributed by atoms with Crippen LogP contribution in [0.5, 0.6) is 5.75 Å². The Balaban J connectivity index is 3.38. The lowest BCUT2D eigenvalue weighted by molar-refractivity contribution is -0.145. The molecule has 8 nitrogen and oxygen atoms in total. The van der Waals surface area contributed by atoms with Gasteiger partial charge in [0, 0.05) is 11.6 Å². The third-order valence-electron chi connectivity index (χ3n) is 4.63. The van der Waals surface area contributed by atoms with E-state index in [4.69, 9.17) is 4.74 Å². The molecular weight excluding hydrogens is 410 g/mol. The van der Waals surface area contributed by atoms with Gasteiger partial charge in [-0.25, -0.2) is 4.79 Å². The number of amides is 3. The number of carbonyl (C=O) groups is 3. The van der Waals surface area contributed by atoms with Gasteiger partial charge in [0.1, 0.15) is 23.4 Å². The van der Waals surface area contributed by atoms with Gasteiger partial charge in [-0.1, -0.05) is 19.1 Å². The summed E-state index contributed by atoms with van der Waals surface area (Å²) in [5.74, 6) is -0.809. The molecule has 3 amide bonds. The van der Waals surface area contributed by atoms with Gasteiger partial charge in [0.25, 0.3) is 0 Å². The SMILES string of the molecule is CCC(C)N(C(=O)C(C)NC(=O)OC(C)(C)C)C(C(=O)NC(C)(C)C)c1cccc(O)c1. The minimum atomic E-state index is -0.994. The number of aromatic hydroxyl groups is 1. The number of hydrogen-bond donors (Lipinski definition) is 3. The molecule has 180 valence electrons. The third kappa shape index (κ3) is 8.40. The van der Waals surface area contributed by atoms with Crippen LogP contribution in [0, 0.1) is 0 Å². The smallest absolute Gasteiger partial charge is 0.408 e. The molecule has 3 N–H and O–H groups in total. The summed E-state index contributed by atoms with van der Waals surface area (Å²) in [4.78, 5) is 40.6. The molecule has 0 fully saturated rings. The molecule has 0 saturated heterocycles. The van der Waals surface area contributed by atoms with Gasteiger partial charge in [-0.3, -0.25) is 9.59 Å². The van der Waals surface area contributed by atoms with Crippen LogP contribution in [0.2, 0.25) is 0 Å². The molecule has 1 aromatic rings. The average Bonchev–Trinajstić information content (AvgIpc) is 2.61. The molecule has 0 aromatic heterocycles. The summed E-state index contributed by atoms with van der Waals surface area (Å²) in [7, 11) is 0. The van der Waals surface area contributed by atoms with Gasteiger partial charge in [-0.05, 0) is 79.5 Å². The highest BCUT2D eigenvalue weighted by molar-refractivity contribution is 5.92. The van der Waals surface area contributed by atoms with E-state index in [9.17, 15) is 19.5 Å². The van der Waals surface area contributed by atoms with Crippen molar-refractivity contribution in [1.29, 1.82) is 0 Å². The van der Waals surface area contributed by atoms with Gasteiger partial charge in [0.05, 0.1) is 0 Å². The lowest BCUT2D eigenvalue weighted by Crippen LogP contribution is -2.56. The quantitative estimate of drug-likeness (QED) is 0.585. The summed E-state index contributed by atoms with van der Waals surface area (Å²) in [5.41, 5.74) is -0.763. The molecule has 0 heterocycles. The number of nitrogens with one attached hydrogen (secondary N) is 2. The van der Waals surface area contributed by atoms with E-state index in [0.29, 0.717) is 12.0 Å². The lowest BCUT2D eigenvalue weighted by Gasteiger charge is -2.38.